The van der Waals surface area contributed by atoms with Gasteiger partial charge in [-0.25, -0.2) is 0 Å². The average Bonchev–Trinajstić information content (AvgIpc) is 2.33. The molecule has 1 aromatic carbocycles. The number of benzene rings is 1. The molecule has 0 bridgehead atoms. The van der Waals surface area contributed by atoms with Crippen molar-refractivity contribution in [3.63, 3.8) is 0 Å². The van der Waals surface area contributed by atoms with Gasteiger partial charge in [0, 0.05) is 5.57 Å². The molecule has 84 valence electrons. The average molecular weight is 216 g/mol. The third-order valence-electron chi connectivity index (χ3n) is 2.79. The largest absolute Gasteiger partial charge is 0.397 e. The smallest absolute Gasteiger partial charge is 0.251 e. The summed E-state index contributed by atoms with van der Waals surface area (Å²) in [4.78, 5) is 11.9. The Labute approximate surface area is 95.3 Å². The van der Waals surface area contributed by atoms with Crippen LogP contribution in [-0.2, 0) is 4.79 Å². The standard InChI is InChI=1S/C13H16N2O/c14-11-8-4-5-9-12(11)15-13(16)10-6-2-1-3-7-10/h4-6,8-9H,1-3,7,14H2,(H,15,16). The Morgan fingerprint density at radius 2 is 2.06 bits per heavy atom. The molecule has 3 N–H and O–H groups in total. The molecule has 1 amide bonds. The van der Waals surface area contributed by atoms with Crippen molar-refractivity contribution in [2.24, 2.45) is 0 Å². The summed E-state index contributed by atoms with van der Waals surface area (Å²) in [5.41, 5.74) is 7.95. The minimum absolute atomic E-state index is 0.0161. The van der Waals surface area contributed by atoms with E-state index in [4.69, 9.17) is 5.73 Å². The monoisotopic (exact) mass is 216 g/mol. The van der Waals surface area contributed by atoms with Crippen molar-refractivity contribution in [3.8, 4) is 0 Å². The lowest BCUT2D eigenvalue weighted by Gasteiger charge is -2.13. The predicted molar refractivity (Wildman–Crippen MR) is 66.0 cm³/mol. The number of carbonyl (C=O) groups is 1. The molecular weight excluding hydrogens is 200 g/mol. The van der Waals surface area contributed by atoms with Gasteiger partial charge in [-0.05, 0) is 37.8 Å². The van der Waals surface area contributed by atoms with Crippen LogP contribution in [0.2, 0.25) is 0 Å². The van der Waals surface area contributed by atoms with Crippen LogP contribution < -0.4 is 11.1 Å². The molecule has 0 heterocycles. The van der Waals surface area contributed by atoms with Crippen LogP contribution in [0.5, 0.6) is 0 Å². The first-order valence-corrected chi connectivity index (χ1v) is 5.62. The Morgan fingerprint density at radius 1 is 1.25 bits per heavy atom. The van der Waals surface area contributed by atoms with E-state index < -0.39 is 0 Å². The van der Waals surface area contributed by atoms with E-state index in [1.807, 2.05) is 24.3 Å². The van der Waals surface area contributed by atoms with Crippen LogP contribution >= 0.6 is 0 Å². The summed E-state index contributed by atoms with van der Waals surface area (Å²) in [6.07, 6.45) is 6.19. The lowest BCUT2D eigenvalue weighted by atomic mass is 9.99. The number of nitrogens with one attached hydrogen (secondary N) is 1. The highest BCUT2D eigenvalue weighted by atomic mass is 16.1. The first-order chi connectivity index (χ1) is 7.77. The fourth-order valence-electron chi connectivity index (χ4n) is 1.86. The molecule has 0 saturated heterocycles. The molecule has 3 heteroatoms. The zero-order valence-electron chi connectivity index (χ0n) is 9.20. The highest BCUT2D eigenvalue weighted by Crippen LogP contribution is 2.21. The topological polar surface area (TPSA) is 55.1 Å². The van der Waals surface area contributed by atoms with Gasteiger partial charge in [0.05, 0.1) is 11.4 Å². The van der Waals surface area contributed by atoms with Gasteiger partial charge in [0.25, 0.3) is 5.91 Å². The number of allylic oxidation sites excluding steroid dienone is 1. The fraction of sp³-hybridized carbons (Fsp3) is 0.308. The SMILES string of the molecule is Nc1ccccc1NC(=O)C1=CCCCC1. The number of nitrogens with two attached hydrogens (primary N) is 1. The van der Waals surface area contributed by atoms with Crippen LogP contribution in [0.4, 0.5) is 11.4 Å². The van der Waals surface area contributed by atoms with Crippen molar-refractivity contribution in [1.82, 2.24) is 0 Å². The lowest BCUT2D eigenvalue weighted by molar-refractivity contribution is -0.113. The molecule has 0 radical (unpaired) electrons. The number of hydrogen-bond acceptors (Lipinski definition) is 2. The van der Waals surface area contributed by atoms with Crippen LogP contribution in [0, 0.1) is 0 Å². The Kier molecular flexibility index (Phi) is 3.25. The summed E-state index contributed by atoms with van der Waals surface area (Å²) in [6.45, 7) is 0. The molecule has 3 nitrogen and oxygen atoms in total. The van der Waals surface area contributed by atoms with Gasteiger partial charge >= 0.3 is 0 Å². The van der Waals surface area contributed by atoms with Gasteiger partial charge in [-0.15, -0.1) is 0 Å². The normalized spacial score (nSPS) is 15.4. The highest BCUT2D eigenvalue weighted by molar-refractivity contribution is 6.05. The Hall–Kier alpha value is -1.77. The zero-order chi connectivity index (χ0) is 11.4. The fourth-order valence-corrected chi connectivity index (χ4v) is 1.86. The van der Waals surface area contributed by atoms with E-state index in [-0.39, 0.29) is 5.91 Å². The molecule has 0 aromatic heterocycles. The lowest BCUT2D eigenvalue weighted by Crippen LogP contribution is -2.16. The Morgan fingerprint density at radius 3 is 2.75 bits per heavy atom. The molecule has 0 unspecified atom stereocenters. The van der Waals surface area contributed by atoms with E-state index >= 15 is 0 Å². The molecule has 0 fully saturated rings. The van der Waals surface area contributed by atoms with Gasteiger partial charge in [0.2, 0.25) is 0 Å². The van der Waals surface area contributed by atoms with E-state index in [9.17, 15) is 4.79 Å². The third-order valence-corrected chi connectivity index (χ3v) is 2.79. The number of anilines is 2. The molecule has 0 saturated carbocycles. The van der Waals surface area contributed by atoms with Crippen molar-refractivity contribution in [2.75, 3.05) is 11.1 Å². The van der Waals surface area contributed by atoms with Crippen molar-refractivity contribution >= 4 is 17.3 Å². The minimum Gasteiger partial charge on any atom is -0.397 e. The van der Waals surface area contributed by atoms with Crippen LogP contribution in [0.1, 0.15) is 25.7 Å². The number of amides is 1. The van der Waals surface area contributed by atoms with Gasteiger partial charge in [0.1, 0.15) is 0 Å². The summed E-state index contributed by atoms with van der Waals surface area (Å²) in [5.74, 6) is -0.0161. The second-order valence-electron chi connectivity index (χ2n) is 4.02. The number of rotatable bonds is 2. The summed E-state index contributed by atoms with van der Waals surface area (Å²) in [6, 6.07) is 7.31. The second-order valence-corrected chi connectivity index (χ2v) is 4.02. The van der Waals surface area contributed by atoms with Gasteiger partial charge in [-0.3, -0.25) is 4.79 Å². The summed E-state index contributed by atoms with van der Waals surface area (Å²) < 4.78 is 0. The maximum absolute atomic E-state index is 11.9. The van der Waals surface area contributed by atoms with Gasteiger partial charge in [0.15, 0.2) is 0 Å². The molecule has 1 aromatic rings. The quantitative estimate of drug-likeness (QED) is 0.747. The maximum atomic E-state index is 11.9. The molecule has 0 atom stereocenters. The first kappa shape index (κ1) is 10.7. The number of carbonyl (C=O) groups excluding carboxylic acids is 1. The van der Waals surface area contributed by atoms with E-state index in [1.54, 1.807) is 6.07 Å². The van der Waals surface area contributed by atoms with Crippen LogP contribution in [-0.4, -0.2) is 5.91 Å². The Bertz CT molecular complexity index is 424. The molecule has 0 aliphatic heterocycles. The van der Waals surface area contributed by atoms with E-state index in [0.29, 0.717) is 11.4 Å². The summed E-state index contributed by atoms with van der Waals surface area (Å²) in [7, 11) is 0. The number of hydrogen-bond donors (Lipinski definition) is 2. The summed E-state index contributed by atoms with van der Waals surface area (Å²) in [5, 5.41) is 2.85. The van der Waals surface area contributed by atoms with Crippen molar-refractivity contribution < 1.29 is 4.79 Å². The highest BCUT2D eigenvalue weighted by Gasteiger charge is 2.12. The van der Waals surface area contributed by atoms with E-state index in [0.717, 1.165) is 24.8 Å². The van der Waals surface area contributed by atoms with Gasteiger partial charge < -0.3 is 11.1 Å². The first-order valence-electron chi connectivity index (χ1n) is 5.62. The molecular formula is C13H16N2O. The van der Waals surface area contributed by atoms with Crippen molar-refractivity contribution in [1.29, 1.82) is 0 Å². The van der Waals surface area contributed by atoms with Gasteiger partial charge in [-0.1, -0.05) is 18.2 Å². The van der Waals surface area contributed by atoms with Crippen LogP contribution in [0.15, 0.2) is 35.9 Å². The van der Waals surface area contributed by atoms with Crippen molar-refractivity contribution in [2.45, 2.75) is 25.7 Å². The number of nitrogen functional groups attached to an aromatic ring is 1. The van der Waals surface area contributed by atoms with Crippen molar-refractivity contribution in [3.05, 3.63) is 35.9 Å². The zero-order valence-corrected chi connectivity index (χ0v) is 9.20. The molecule has 2 rings (SSSR count). The predicted octanol–water partition coefficient (Wildman–Crippen LogP) is 2.71. The Balaban J connectivity index is 2.07. The van der Waals surface area contributed by atoms with Crippen LogP contribution in [0.3, 0.4) is 0 Å². The van der Waals surface area contributed by atoms with Gasteiger partial charge in [-0.2, -0.15) is 0 Å². The van der Waals surface area contributed by atoms with E-state index in [1.165, 1.54) is 6.42 Å². The number of para-hydroxylation sites is 2. The molecule has 1 aliphatic carbocycles. The van der Waals surface area contributed by atoms with Crippen LogP contribution in [0.25, 0.3) is 0 Å². The molecule has 16 heavy (non-hydrogen) atoms. The molecule has 1 aliphatic rings. The second kappa shape index (κ2) is 4.84. The van der Waals surface area contributed by atoms with E-state index in [2.05, 4.69) is 5.32 Å². The maximum Gasteiger partial charge on any atom is 0.251 e. The summed E-state index contributed by atoms with van der Waals surface area (Å²) >= 11 is 0. The third kappa shape index (κ3) is 2.42. The minimum atomic E-state index is -0.0161. The molecule has 0 spiro atoms.